The summed E-state index contributed by atoms with van der Waals surface area (Å²) in [6.45, 7) is 15.9. The number of nitrogens with one attached hydrogen (secondary N) is 1. The molecular formula is C21H33N5O2S. The summed E-state index contributed by atoms with van der Waals surface area (Å²) in [6.07, 6.45) is 3.13. The molecule has 0 atom stereocenters. The van der Waals surface area contributed by atoms with E-state index < -0.39 is 10.0 Å². The molecule has 7 nitrogen and oxygen atoms in total. The fraction of sp³-hybridized carbons (Fsp3) is 0.524. The smallest absolute Gasteiger partial charge is 0.245 e. The van der Waals surface area contributed by atoms with Crippen LogP contribution in [0.4, 0.5) is 5.82 Å². The second kappa shape index (κ2) is 9.09. The molecule has 2 heterocycles. The number of aryl methyl sites for hydroxylation is 1. The van der Waals surface area contributed by atoms with E-state index in [9.17, 15) is 8.42 Å². The van der Waals surface area contributed by atoms with Gasteiger partial charge in [0.15, 0.2) is 0 Å². The molecule has 0 spiro atoms. The molecule has 0 amide bonds. The Morgan fingerprint density at radius 3 is 2.17 bits per heavy atom. The molecule has 2 rings (SSSR count). The molecule has 0 saturated carbocycles. The van der Waals surface area contributed by atoms with Gasteiger partial charge in [0.25, 0.3) is 0 Å². The van der Waals surface area contributed by atoms with E-state index in [-0.39, 0.29) is 17.0 Å². The third-order valence-corrected chi connectivity index (χ3v) is 6.99. The Morgan fingerprint density at radius 1 is 1.10 bits per heavy atom. The summed E-state index contributed by atoms with van der Waals surface area (Å²) in [6, 6.07) is 5.40. The van der Waals surface area contributed by atoms with Crippen LogP contribution in [0.1, 0.15) is 64.5 Å². The van der Waals surface area contributed by atoms with Gasteiger partial charge in [-0.3, -0.25) is 5.43 Å². The van der Waals surface area contributed by atoms with Crippen molar-refractivity contribution in [2.75, 3.05) is 5.43 Å². The lowest BCUT2D eigenvalue weighted by atomic mass is 10.2. The molecule has 29 heavy (non-hydrogen) atoms. The van der Waals surface area contributed by atoms with Crippen LogP contribution in [0.3, 0.4) is 0 Å². The molecule has 0 aliphatic heterocycles. The van der Waals surface area contributed by atoms with Gasteiger partial charge in [-0.05, 0) is 73.6 Å². The fourth-order valence-corrected chi connectivity index (χ4v) is 5.55. The van der Waals surface area contributed by atoms with Crippen LogP contribution in [-0.2, 0) is 10.0 Å². The molecule has 0 radical (unpaired) electrons. The molecule has 0 fully saturated rings. The van der Waals surface area contributed by atoms with E-state index in [0.29, 0.717) is 11.9 Å². The topological polar surface area (TPSA) is 79.6 Å². The first-order valence-corrected chi connectivity index (χ1v) is 11.4. The van der Waals surface area contributed by atoms with Crippen LogP contribution in [0.15, 0.2) is 34.4 Å². The van der Waals surface area contributed by atoms with Gasteiger partial charge in [0, 0.05) is 41.3 Å². The van der Waals surface area contributed by atoms with Gasteiger partial charge in [-0.15, -0.1) is 0 Å². The second-order valence-corrected chi connectivity index (χ2v) is 9.90. The molecule has 0 bridgehead atoms. The van der Waals surface area contributed by atoms with E-state index in [1.807, 2.05) is 27.7 Å². The van der Waals surface area contributed by atoms with Gasteiger partial charge in [-0.2, -0.15) is 9.41 Å². The van der Waals surface area contributed by atoms with Gasteiger partial charge in [0.2, 0.25) is 10.0 Å². The van der Waals surface area contributed by atoms with Crippen LogP contribution in [0.5, 0.6) is 0 Å². The third-order valence-electron chi connectivity index (χ3n) is 4.75. The van der Waals surface area contributed by atoms with Gasteiger partial charge >= 0.3 is 0 Å². The van der Waals surface area contributed by atoms with Gasteiger partial charge in [-0.25, -0.2) is 13.4 Å². The van der Waals surface area contributed by atoms with Crippen molar-refractivity contribution in [1.82, 2.24) is 13.9 Å². The van der Waals surface area contributed by atoms with Gasteiger partial charge in [-0.1, -0.05) is 0 Å². The Balaban J connectivity index is 2.16. The molecule has 0 aliphatic rings. The maximum Gasteiger partial charge on any atom is 0.245 e. The van der Waals surface area contributed by atoms with E-state index in [2.05, 4.69) is 53.8 Å². The van der Waals surface area contributed by atoms with Crippen molar-refractivity contribution in [3.8, 4) is 0 Å². The number of pyridine rings is 1. The molecule has 0 aliphatic carbocycles. The van der Waals surface area contributed by atoms with Crippen LogP contribution in [-0.4, -0.2) is 40.6 Å². The monoisotopic (exact) mass is 419 g/mol. The highest BCUT2D eigenvalue weighted by molar-refractivity contribution is 7.89. The highest BCUT2D eigenvalue weighted by Crippen LogP contribution is 2.22. The summed E-state index contributed by atoms with van der Waals surface area (Å²) in [5, 5.41) is 4.26. The lowest BCUT2D eigenvalue weighted by Crippen LogP contribution is -2.41. The number of rotatable bonds is 8. The SMILES string of the molecule is Cc1cc(/C=N\Nc2ccc(S(=O)(=O)N(C(C)C)C(C)C)cn2)c(C)n1C(C)C. The number of aromatic nitrogens is 2. The fourth-order valence-electron chi connectivity index (χ4n) is 3.77. The lowest BCUT2D eigenvalue weighted by molar-refractivity contribution is 0.302. The average Bonchev–Trinajstić information content (AvgIpc) is 2.88. The van der Waals surface area contributed by atoms with Crippen LogP contribution in [0, 0.1) is 13.8 Å². The van der Waals surface area contributed by atoms with Gasteiger partial charge in [0.05, 0.1) is 6.21 Å². The Labute approximate surface area is 174 Å². The Morgan fingerprint density at radius 2 is 1.72 bits per heavy atom. The maximum absolute atomic E-state index is 12.9. The number of hydrogen-bond acceptors (Lipinski definition) is 5. The predicted octanol–water partition coefficient (Wildman–Crippen LogP) is 4.33. The van der Waals surface area contributed by atoms with Crippen molar-refractivity contribution in [3.05, 3.63) is 41.3 Å². The van der Waals surface area contributed by atoms with Crippen LogP contribution in [0.2, 0.25) is 0 Å². The van der Waals surface area contributed by atoms with Crippen molar-refractivity contribution in [2.45, 2.75) is 78.4 Å². The van der Waals surface area contributed by atoms with Crippen molar-refractivity contribution in [2.24, 2.45) is 5.10 Å². The summed E-state index contributed by atoms with van der Waals surface area (Å²) >= 11 is 0. The Hall–Kier alpha value is -2.19. The summed E-state index contributed by atoms with van der Waals surface area (Å²) in [7, 11) is -3.59. The highest BCUT2D eigenvalue weighted by atomic mass is 32.2. The Kier molecular flexibility index (Phi) is 7.24. The zero-order valence-corrected chi connectivity index (χ0v) is 19.4. The van der Waals surface area contributed by atoms with E-state index in [0.717, 1.165) is 11.3 Å². The summed E-state index contributed by atoms with van der Waals surface area (Å²) < 4.78 is 29.5. The number of anilines is 1. The number of hydrogen-bond donors (Lipinski definition) is 1. The molecule has 160 valence electrons. The molecule has 8 heteroatoms. The summed E-state index contributed by atoms with van der Waals surface area (Å²) in [5.41, 5.74) is 6.25. The minimum atomic E-state index is -3.59. The molecule has 0 saturated heterocycles. The number of hydrazone groups is 1. The summed E-state index contributed by atoms with van der Waals surface area (Å²) in [5.74, 6) is 0.485. The highest BCUT2D eigenvalue weighted by Gasteiger charge is 2.29. The lowest BCUT2D eigenvalue weighted by Gasteiger charge is -2.29. The zero-order chi connectivity index (χ0) is 21.9. The third kappa shape index (κ3) is 5.05. The van der Waals surface area contributed by atoms with Crippen LogP contribution < -0.4 is 5.43 Å². The van der Waals surface area contributed by atoms with Crippen LogP contribution >= 0.6 is 0 Å². The number of nitrogens with zero attached hydrogens (tertiary/aromatic N) is 4. The predicted molar refractivity (Wildman–Crippen MR) is 119 cm³/mol. The van der Waals surface area contributed by atoms with Gasteiger partial charge in [0.1, 0.15) is 10.7 Å². The first kappa shape index (κ1) is 23.1. The molecule has 0 aromatic carbocycles. The average molecular weight is 420 g/mol. The standard InChI is InChI=1S/C21H33N5O2S/c1-14(2)25-17(7)11-19(18(25)8)12-23-24-21-10-9-20(13-22-21)29(27,28)26(15(3)4)16(5)6/h9-16H,1-8H3,(H,22,24)/b23-12-. The second-order valence-electron chi connectivity index (χ2n) is 8.06. The van der Waals surface area contributed by atoms with E-state index >= 15 is 0 Å². The van der Waals surface area contributed by atoms with E-state index in [1.54, 1.807) is 18.3 Å². The van der Waals surface area contributed by atoms with Crippen molar-refractivity contribution < 1.29 is 8.42 Å². The largest absolute Gasteiger partial charge is 0.346 e. The van der Waals surface area contributed by atoms with Crippen molar-refractivity contribution in [3.63, 3.8) is 0 Å². The minimum absolute atomic E-state index is 0.132. The molecular weight excluding hydrogens is 386 g/mol. The first-order valence-electron chi connectivity index (χ1n) is 9.93. The number of sulfonamides is 1. The minimum Gasteiger partial charge on any atom is -0.346 e. The van der Waals surface area contributed by atoms with Gasteiger partial charge < -0.3 is 4.57 Å². The molecule has 2 aromatic rings. The van der Waals surface area contributed by atoms with E-state index in [4.69, 9.17) is 0 Å². The molecule has 1 N–H and O–H groups in total. The molecule has 2 aromatic heterocycles. The maximum atomic E-state index is 12.9. The van der Waals surface area contributed by atoms with Crippen molar-refractivity contribution >= 4 is 22.1 Å². The molecule has 0 unspecified atom stereocenters. The summed E-state index contributed by atoms with van der Waals surface area (Å²) in [4.78, 5) is 4.39. The first-order chi connectivity index (χ1) is 13.5. The zero-order valence-electron chi connectivity index (χ0n) is 18.6. The van der Waals surface area contributed by atoms with Crippen LogP contribution in [0.25, 0.3) is 0 Å². The van der Waals surface area contributed by atoms with Crippen molar-refractivity contribution in [1.29, 1.82) is 0 Å². The van der Waals surface area contributed by atoms with E-state index in [1.165, 1.54) is 16.2 Å². The quantitative estimate of drug-likeness (QED) is 0.510. The Bertz CT molecular complexity index is 950. The normalized spacial score (nSPS) is 12.8.